The second kappa shape index (κ2) is 10.4. The Morgan fingerprint density at radius 2 is 1.10 bits per heavy atom. The molecule has 0 saturated carbocycles. The third-order valence-corrected chi connectivity index (χ3v) is 5.40. The summed E-state index contributed by atoms with van der Waals surface area (Å²) in [6, 6.07) is 40.2. The highest BCUT2D eigenvalue weighted by molar-refractivity contribution is 5.54. The van der Waals surface area contributed by atoms with E-state index in [1.54, 1.807) is 0 Å². The van der Waals surface area contributed by atoms with Gasteiger partial charge in [-0.1, -0.05) is 115 Å². The molecule has 4 aromatic rings. The lowest BCUT2D eigenvalue weighted by Gasteiger charge is -2.30. The number of hydrogen-bond acceptors (Lipinski definition) is 2. The number of anilines is 1. The van der Waals surface area contributed by atoms with Crippen LogP contribution in [0.1, 0.15) is 28.3 Å². The van der Waals surface area contributed by atoms with E-state index in [0.717, 1.165) is 24.3 Å². The number of nitrogen functional groups attached to an aromatic ring is 1. The predicted molar refractivity (Wildman–Crippen MR) is 131 cm³/mol. The second-order valence-electron chi connectivity index (χ2n) is 7.76. The Bertz CT molecular complexity index is 1030. The third-order valence-electron chi connectivity index (χ3n) is 5.40. The van der Waals surface area contributed by atoms with Crippen molar-refractivity contribution in [3.8, 4) is 0 Å². The quantitative estimate of drug-likeness (QED) is 0.330. The number of hydrogen-bond donors (Lipinski definition) is 1. The van der Waals surface area contributed by atoms with Gasteiger partial charge in [0.25, 0.3) is 0 Å². The summed E-state index contributed by atoms with van der Waals surface area (Å²) in [5.74, 6) is 0. The maximum Gasteiger partial charge on any atom is 0.0541 e. The van der Waals surface area contributed by atoms with Gasteiger partial charge in [-0.15, -0.1) is 0 Å². The van der Waals surface area contributed by atoms with Crippen LogP contribution in [0.15, 0.2) is 121 Å². The van der Waals surface area contributed by atoms with Gasteiger partial charge in [0.2, 0.25) is 0 Å². The summed E-state index contributed by atoms with van der Waals surface area (Å²) < 4.78 is 0. The van der Waals surface area contributed by atoms with Crippen LogP contribution in [0.2, 0.25) is 0 Å². The van der Waals surface area contributed by atoms with E-state index in [1.165, 1.54) is 16.7 Å². The van der Waals surface area contributed by atoms with Crippen molar-refractivity contribution in [2.75, 3.05) is 5.73 Å². The van der Waals surface area contributed by atoms with Crippen LogP contribution in [0.5, 0.6) is 0 Å². The van der Waals surface area contributed by atoms with Gasteiger partial charge in [0, 0.05) is 18.8 Å². The van der Waals surface area contributed by atoms with Crippen molar-refractivity contribution < 1.29 is 0 Å². The van der Waals surface area contributed by atoms with Crippen LogP contribution < -0.4 is 5.73 Å². The highest BCUT2D eigenvalue weighted by atomic mass is 15.1. The van der Waals surface area contributed by atoms with Crippen LogP contribution >= 0.6 is 0 Å². The van der Waals surface area contributed by atoms with E-state index in [9.17, 15) is 0 Å². The average Bonchev–Trinajstić information content (AvgIpc) is 2.82. The molecule has 4 aromatic carbocycles. The minimum absolute atomic E-state index is 0.138. The second-order valence-corrected chi connectivity index (χ2v) is 7.76. The van der Waals surface area contributed by atoms with Crippen molar-refractivity contribution in [1.82, 2.24) is 4.90 Å². The fraction of sp³-hybridized carbons (Fsp3) is 0.103. The molecule has 2 N–H and O–H groups in total. The van der Waals surface area contributed by atoms with Crippen molar-refractivity contribution in [3.05, 3.63) is 144 Å². The zero-order chi connectivity index (χ0) is 21.3. The van der Waals surface area contributed by atoms with Crippen LogP contribution in [0, 0.1) is 0 Å². The lowest BCUT2D eigenvalue weighted by molar-refractivity contribution is 0.213. The summed E-state index contributed by atoms with van der Waals surface area (Å²) in [7, 11) is 0. The molecule has 0 aliphatic carbocycles. The van der Waals surface area contributed by atoms with E-state index in [4.69, 9.17) is 5.73 Å². The zero-order valence-electron chi connectivity index (χ0n) is 17.6. The maximum absolute atomic E-state index is 5.86. The van der Waals surface area contributed by atoms with E-state index in [0.29, 0.717) is 0 Å². The molecule has 0 amide bonds. The Kier molecular flexibility index (Phi) is 6.94. The molecule has 0 radical (unpaired) electrons. The Morgan fingerprint density at radius 3 is 1.61 bits per heavy atom. The molecule has 0 saturated heterocycles. The summed E-state index contributed by atoms with van der Waals surface area (Å²) in [4.78, 5) is 2.52. The SMILES string of the molecule is Nc1ccc(C=CC(c2ccccc2)N(Cc2ccccc2)Cc2ccccc2)cc1. The molecule has 154 valence electrons. The van der Waals surface area contributed by atoms with Gasteiger partial charge in [-0.25, -0.2) is 0 Å². The van der Waals surface area contributed by atoms with Crippen LogP contribution in [0.25, 0.3) is 6.08 Å². The lowest BCUT2D eigenvalue weighted by atomic mass is 10.0. The average molecular weight is 405 g/mol. The van der Waals surface area contributed by atoms with Gasteiger partial charge in [0.15, 0.2) is 0 Å². The Hall–Kier alpha value is -3.62. The zero-order valence-corrected chi connectivity index (χ0v) is 17.6. The molecular weight excluding hydrogens is 376 g/mol. The molecule has 0 aromatic heterocycles. The van der Waals surface area contributed by atoms with Crippen molar-refractivity contribution in [1.29, 1.82) is 0 Å². The Morgan fingerprint density at radius 1 is 0.613 bits per heavy atom. The number of rotatable bonds is 8. The smallest absolute Gasteiger partial charge is 0.0541 e. The first kappa shape index (κ1) is 20.6. The number of nitrogens with two attached hydrogens (primary N) is 1. The van der Waals surface area contributed by atoms with E-state index in [-0.39, 0.29) is 6.04 Å². The first-order valence-corrected chi connectivity index (χ1v) is 10.7. The molecule has 2 nitrogen and oxygen atoms in total. The molecule has 1 atom stereocenters. The van der Waals surface area contributed by atoms with Gasteiger partial charge in [-0.3, -0.25) is 4.90 Å². The molecule has 1 unspecified atom stereocenters. The predicted octanol–water partition coefficient (Wildman–Crippen LogP) is 6.73. The molecule has 2 heteroatoms. The third kappa shape index (κ3) is 5.94. The Balaban J connectivity index is 1.70. The molecule has 0 spiro atoms. The fourth-order valence-corrected chi connectivity index (χ4v) is 3.79. The van der Waals surface area contributed by atoms with Crippen LogP contribution in [0.4, 0.5) is 5.69 Å². The summed E-state index contributed by atoms with van der Waals surface area (Å²) in [6.45, 7) is 1.72. The molecule has 0 bridgehead atoms. The molecular formula is C29H28N2. The van der Waals surface area contributed by atoms with E-state index in [2.05, 4.69) is 120 Å². The van der Waals surface area contributed by atoms with Gasteiger partial charge in [0.1, 0.15) is 0 Å². The van der Waals surface area contributed by atoms with E-state index < -0.39 is 0 Å². The molecule has 0 heterocycles. The molecule has 0 aliphatic rings. The lowest BCUT2D eigenvalue weighted by Crippen LogP contribution is -2.27. The van der Waals surface area contributed by atoms with Crippen LogP contribution in [0.3, 0.4) is 0 Å². The van der Waals surface area contributed by atoms with Gasteiger partial charge < -0.3 is 5.73 Å². The summed E-state index contributed by atoms with van der Waals surface area (Å²) >= 11 is 0. The van der Waals surface area contributed by atoms with Crippen LogP contribution in [-0.4, -0.2) is 4.90 Å². The minimum atomic E-state index is 0.138. The molecule has 31 heavy (non-hydrogen) atoms. The van der Waals surface area contributed by atoms with Gasteiger partial charge in [-0.05, 0) is 34.4 Å². The minimum Gasteiger partial charge on any atom is -0.399 e. The van der Waals surface area contributed by atoms with Gasteiger partial charge in [0.05, 0.1) is 6.04 Å². The van der Waals surface area contributed by atoms with Crippen molar-refractivity contribution in [2.45, 2.75) is 19.1 Å². The summed E-state index contributed by atoms with van der Waals surface area (Å²) in [6.07, 6.45) is 4.49. The summed E-state index contributed by atoms with van der Waals surface area (Å²) in [5, 5.41) is 0. The first-order valence-electron chi connectivity index (χ1n) is 10.7. The first-order chi connectivity index (χ1) is 15.3. The number of benzene rings is 4. The Labute approximate surface area is 185 Å². The molecule has 0 aliphatic heterocycles. The van der Waals surface area contributed by atoms with Gasteiger partial charge in [-0.2, -0.15) is 0 Å². The normalized spacial score (nSPS) is 12.3. The molecule has 0 fully saturated rings. The maximum atomic E-state index is 5.86. The van der Waals surface area contributed by atoms with Crippen molar-refractivity contribution in [2.24, 2.45) is 0 Å². The van der Waals surface area contributed by atoms with Crippen molar-refractivity contribution in [3.63, 3.8) is 0 Å². The number of nitrogens with zero attached hydrogens (tertiary/aromatic N) is 1. The van der Waals surface area contributed by atoms with E-state index >= 15 is 0 Å². The van der Waals surface area contributed by atoms with Crippen molar-refractivity contribution >= 4 is 11.8 Å². The summed E-state index contributed by atoms with van der Waals surface area (Å²) in [5.41, 5.74) is 11.7. The molecule has 4 rings (SSSR count). The highest BCUT2D eigenvalue weighted by Crippen LogP contribution is 2.27. The van der Waals surface area contributed by atoms with E-state index in [1.807, 2.05) is 12.1 Å². The standard InChI is InChI=1S/C29H28N2/c30-28-19-16-24(17-20-28)18-21-29(27-14-8-3-9-15-27)31(22-25-10-4-1-5-11-25)23-26-12-6-2-7-13-26/h1-21,29H,22-23,30H2. The topological polar surface area (TPSA) is 29.3 Å². The highest BCUT2D eigenvalue weighted by Gasteiger charge is 2.19. The van der Waals surface area contributed by atoms with Crippen LogP contribution in [-0.2, 0) is 13.1 Å². The fourth-order valence-electron chi connectivity index (χ4n) is 3.79. The largest absolute Gasteiger partial charge is 0.399 e. The monoisotopic (exact) mass is 404 g/mol. The van der Waals surface area contributed by atoms with Gasteiger partial charge >= 0.3 is 0 Å².